The summed E-state index contributed by atoms with van der Waals surface area (Å²) in [5.74, 6) is 0.0830. The largest absolute Gasteiger partial charge is 0.324 e. The lowest BCUT2D eigenvalue weighted by Crippen LogP contribution is -2.14. The molecule has 0 fully saturated rings. The van der Waals surface area contributed by atoms with Gasteiger partial charge in [0, 0.05) is 23.4 Å². The number of nitrogens with one attached hydrogen (secondary N) is 1. The SMILES string of the molecule is Cc1nc(-c2ccccc2)cc(-c2cccc(C#N)c2)c1NC(=O)CCCl. The van der Waals surface area contributed by atoms with Crippen molar-refractivity contribution in [3.05, 3.63) is 71.9 Å². The molecular weight excluding hydrogens is 358 g/mol. The Balaban J connectivity index is 2.17. The van der Waals surface area contributed by atoms with E-state index in [9.17, 15) is 10.1 Å². The van der Waals surface area contributed by atoms with Crippen LogP contribution in [-0.4, -0.2) is 16.8 Å². The first-order valence-corrected chi connectivity index (χ1v) is 9.09. The van der Waals surface area contributed by atoms with E-state index >= 15 is 0 Å². The van der Waals surface area contributed by atoms with Gasteiger partial charge in [-0.2, -0.15) is 5.26 Å². The van der Waals surface area contributed by atoms with Crippen molar-refractivity contribution >= 4 is 23.2 Å². The van der Waals surface area contributed by atoms with Gasteiger partial charge in [-0.1, -0.05) is 42.5 Å². The lowest BCUT2D eigenvalue weighted by Gasteiger charge is -2.16. The Hall–Kier alpha value is -3.16. The van der Waals surface area contributed by atoms with E-state index < -0.39 is 0 Å². The normalized spacial score (nSPS) is 10.3. The number of halogens is 1. The Morgan fingerprint density at radius 3 is 2.56 bits per heavy atom. The molecule has 0 aliphatic heterocycles. The number of amides is 1. The van der Waals surface area contributed by atoms with Crippen LogP contribution in [0.25, 0.3) is 22.4 Å². The monoisotopic (exact) mass is 375 g/mol. The van der Waals surface area contributed by atoms with Crippen LogP contribution in [-0.2, 0) is 4.79 Å². The van der Waals surface area contributed by atoms with Crippen LogP contribution in [0.5, 0.6) is 0 Å². The molecule has 0 spiro atoms. The first kappa shape index (κ1) is 18.6. The smallest absolute Gasteiger partial charge is 0.225 e. The van der Waals surface area contributed by atoms with Gasteiger partial charge in [-0.05, 0) is 30.7 Å². The quantitative estimate of drug-likeness (QED) is 0.626. The number of benzene rings is 2. The number of hydrogen-bond donors (Lipinski definition) is 1. The average Bonchev–Trinajstić information content (AvgIpc) is 2.70. The van der Waals surface area contributed by atoms with Gasteiger partial charge in [0.2, 0.25) is 5.91 Å². The number of carbonyl (C=O) groups is 1. The number of anilines is 1. The summed E-state index contributed by atoms with van der Waals surface area (Å²) in [5.41, 5.74) is 5.36. The molecule has 0 aliphatic rings. The van der Waals surface area contributed by atoms with E-state index in [2.05, 4.69) is 16.4 Å². The minimum Gasteiger partial charge on any atom is -0.324 e. The fourth-order valence-electron chi connectivity index (χ4n) is 2.86. The van der Waals surface area contributed by atoms with Crippen LogP contribution in [0.2, 0.25) is 0 Å². The van der Waals surface area contributed by atoms with E-state index in [-0.39, 0.29) is 18.2 Å². The molecule has 0 saturated carbocycles. The highest BCUT2D eigenvalue weighted by atomic mass is 35.5. The highest BCUT2D eigenvalue weighted by Gasteiger charge is 2.15. The van der Waals surface area contributed by atoms with Gasteiger partial charge >= 0.3 is 0 Å². The maximum Gasteiger partial charge on any atom is 0.225 e. The molecule has 1 amide bonds. The van der Waals surface area contributed by atoms with Gasteiger partial charge < -0.3 is 5.32 Å². The Morgan fingerprint density at radius 2 is 1.85 bits per heavy atom. The van der Waals surface area contributed by atoms with Gasteiger partial charge in [0.05, 0.1) is 28.7 Å². The van der Waals surface area contributed by atoms with Crippen LogP contribution in [0.1, 0.15) is 17.7 Å². The standard InChI is InChI=1S/C22H18ClN3O/c1-15-22(26-21(27)10-11-23)19(18-9-5-6-16(12-18)14-24)13-20(25-15)17-7-3-2-4-8-17/h2-9,12-13H,10-11H2,1H3,(H,26,27). The molecule has 3 rings (SSSR count). The molecule has 0 aliphatic carbocycles. The second-order valence-electron chi connectivity index (χ2n) is 6.06. The number of nitrogens with zero attached hydrogens (tertiary/aromatic N) is 2. The summed E-state index contributed by atoms with van der Waals surface area (Å²) >= 11 is 5.69. The Labute approximate surface area is 163 Å². The zero-order chi connectivity index (χ0) is 19.2. The second-order valence-corrected chi connectivity index (χ2v) is 6.44. The number of alkyl halides is 1. The summed E-state index contributed by atoms with van der Waals surface area (Å²) in [6, 6.07) is 21.2. The van der Waals surface area contributed by atoms with Crippen molar-refractivity contribution in [2.75, 3.05) is 11.2 Å². The van der Waals surface area contributed by atoms with Gasteiger partial charge in [-0.25, -0.2) is 0 Å². The third-order valence-electron chi connectivity index (χ3n) is 4.16. The molecule has 1 heterocycles. The number of aryl methyl sites for hydroxylation is 1. The summed E-state index contributed by atoms with van der Waals surface area (Å²) in [6.45, 7) is 1.86. The maximum absolute atomic E-state index is 12.2. The fourth-order valence-corrected chi connectivity index (χ4v) is 3.03. The molecule has 0 bridgehead atoms. The maximum atomic E-state index is 12.2. The number of nitriles is 1. The number of rotatable bonds is 5. The van der Waals surface area contributed by atoms with Crippen molar-refractivity contribution in [1.82, 2.24) is 4.98 Å². The summed E-state index contributed by atoms with van der Waals surface area (Å²) in [7, 11) is 0. The van der Waals surface area contributed by atoms with Gasteiger partial charge in [-0.3, -0.25) is 9.78 Å². The van der Waals surface area contributed by atoms with Crippen LogP contribution < -0.4 is 5.32 Å². The van der Waals surface area contributed by atoms with Crippen molar-refractivity contribution in [3.63, 3.8) is 0 Å². The van der Waals surface area contributed by atoms with Crippen molar-refractivity contribution in [3.8, 4) is 28.5 Å². The molecule has 4 nitrogen and oxygen atoms in total. The fraction of sp³-hybridized carbons (Fsp3) is 0.136. The second kappa shape index (κ2) is 8.48. The van der Waals surface area contributed by atoms with Crippen molar-refractivity contribution in [1.29, 1.82) is 5.26 Å². The Morgan fingerprint density at radius 1 is 1.11 bits per heavy atom. The molecule has 0 atom stereocenters. The van der Waals surface area contributed by atoms with Crippen LogP contribution in [0, 0.1) is 18.3 Å². The number of pyridine rings is 1. The molecule has 134 valence electrons. The molecule has 0 radical (unpaired) electrons. The van der Waals surface area contributed by atoms with Gasteiger partial charge in [-0.15, -0.1) is 11.6 Å². The Bertz CT molecular complexity index is 1010. The van der Waals surface area contributed by atoms with Crippen LogP contribution in [0.15, 0.2) is 60.7 Å². The molecule has 2 aromatic carbocycles. The topological polar surface area (TPSA) is 65.8 Å². The lowest BCUT2D eigenvalue weighted by atomic mass is 9.98. The minimum atomic E-state index is -0.167. The van der Waals surface area contributed by atoms with E-state index in [4.69, 9.17) is 11.6 Å². The third-order valence-corrected chi connectivity index (χ3v) is 4.35. The van der Waals surface area contributed by atoms with E-state index in [1.165, 1.54) is 0 Å². The van der Waals surface area contributed by atoms with Crippen molar-refractivity contribution in [2.24, 2.45) is 0 Å². The van der Waals surface area contributed by atoms with Crippen LogP contribution >= 0.6 is 11.6 Å². The molecule has 0 saturated heterocycles. The predicted octanol–water partition coefficient (Wildman–Crippen LogP) is 5.16. The number of hydrogen-bond acceptors (Lipinski definition) is 3. The van der Waals surface area contributed by atoms with E-state index in [0.29, 0.717) is 16.9 Å². The first-order valence-electron chi connectivity index (χ1n) is 8.56. The third kappa shape index (κ3) is 4.33. The van der Waals surface area contributed by atoms with Crippen molar-refractivity contribution in [2.45, 2.75) is 13.3 Å². The number of aromatic nitrogens is 1. The zero-order valence-corrected chi connectivity index (χ0v) is 15.6. The van der Waals surface area contributed by atoms with Gasteiger partial charge in [0.25, 0.3) is 0 Å². The minimum absolute atomic E-state index is 0.167. The summed E-state index contributed by atoms with van der Waals surface area (Å²) in [5, 5.41) is 12.2. The summed E-state index contributed by atoms with van der Waals surface area (Å²) in [6.07, 6.45) is 0.221. The molecule has 1 N–H and O–H groups in total. The molecule has 5 heteroatoms. The first-order chi connectivity index (χ1) is 13.1. The zero-order valence-electron chi connectivity index (χ0n) is 14.9. The van der Waals surface area contributed by atoms with Crippen molar-refractivity contribution < 1.29 is 4.79 Å². The molecule has 1 aromatic heterocycles. The predicted molar refractivity (Wildman–Crippen MR) is 109 cm³/mol. The van der Waals surface area contributed by atoms with E-state index in [1.807, 2.05) is 55.5 Å². The van der Waals surface area contributed by atoms with Gasteiger partial charge in [0.15, 0.2) is 0 Å². The van der Waals surface area contributed by atoms with Gasteiger partial charge in [0.1, 0.15) is 0 Å². The molecule has 0 unspecified atom stereocenters. The van der Waals surface area contributed by atoms with Crippen LogP contribution in [0.4, 0.5) is 5.69 Å². The number of carbonyl (C=O) groups excluding carboxylic acids is 1. The van der Waals surface area contributed by atoms with E-state index in [1.54, 1.807) is 12.1 Å². The summed E-state index contributed by atoms with van der Waals surface area (Å²) in [4.78, 5) is 16.8. The highest BCUT2D eigenvalue weighted by Crippen LogP contribution is 2.34. The summed E-state index contributed by atoms with van der Waals surface area (Å²) < 4.78 is 0. The molecule has 3 aromatic rings. The highest BCUT2D eigenvalue weighted by molar-refractivity contribution is 6.19. The average molecular weight is 376 g/mol. The van der Waals surface area contributed by atoms with E-state index in [0.717, 1.165) is 22.4 Å². The Kier molecular flexibility index (Phi) is 5.85. The van der Waals surface area contributed by atoms with Crippen LogP contribution in [0.3, 0.4) is 0 Å². The molecule has 27 heavy (non-hydrogen) atoms. The lowest BCUT2D eigenvalue weighted by molar-refractivity contribution is -0.115. The molecular formula is C22H18ClN3O.